The van der Waals surface area contributed by atoms with Gasteiger partial charge in [-0.3, -0.25) is 9.78 Å². The number of para-hydroxylation sites is 1. The van der Waals surface area contributed by atoms with Crippen molar-refractivity contribution in [2.45, 2.75) is 26.7 Å². The third kappa shape index (κ3) is 2.70. The summed E-state index contributed by atoms with van der Waals surface area (Å²) in [6, 6.07) is 9.80. The lowest BCUT2D eigenvalue weighted by Gasteiger charge is -2.07. The topological polar surface area (TPSA) is 30.0 Å². The van der Waals surface area contributed by atoms with Crippen LogP contribution in [0.3, 0.4) is 0 Å². The van der Waals surface area contributed by atoms with Crippen LogP contribution in [0, 0.1) is 5.92 Å². The number of aromatic nitrogens is 1. The van der Waals surface area contributed by atoms with Crippen LogP contribution >= 0.6 is 0 Å². The van der Waals surface area contributed by atoms with Gasteiger partial charge in [0.25, 0.3) is 0 Å². The molecule has 0 aliphatic heterocycles. The smallest absolute Gasteiger partial charge is 0.164 e. The Bertz CT molecular complexity index is 533. The maximum atomic E-state index is 12.0. The van der Waals surface area contributed by atoms with Gasteiger partial charge in [-0.2, -0.15) is 0 Å². The van der Waals surface area contributed by atoms with Crippen LogP contribution in [0.4, 0.5) is 0 Å². The van der Waals surface area contributed by atoms with Crippen molar-refractivity contribution in [3.8, 4) is 0 Å². The summed E-state index contributed by atoms with van der Waals surface area (Å²) in [5, 5.41) is 1.03. The number of carbonyl (C=O) groups is 1. The first-order chi connectivity index (χ1) is 8.20. The first-order valence-electron chi connectivity index (χ1n) is 6.08. The van der Waals surface area contributed by atoms with Crippen molar-refractivity contribution in [3.05, 3.63) is 42.1 Å². The Labute approximate surface area is 102 Å². The Balaban J connectivity index is 2.27. The molecule has 88 valence electrons. The molecule has 0 bridgehead atoms. The number of ketones is 1. The van der Waals surface area contributed by atoms with Gasteiger partial charge in [-0.05, 0) is 18.1 Å². The predicted octanol–water partition coefficient (Wildman–Crippen LogP) is 3.85. The maximum absolute atomic E-state index is 12.0. The molecule has 2 heteroatoms. The molecule has 17 heavy (non-hydrogen) atoms. The molecule has 0 saturated carbocycles. The van der Waals surface area contributed by atoms with Crippen LogP contribution in [-0.4, -0.2) is 10.8 Å². The van der Waals surface area contributed by atoms with E-state index in [0.29, 0.717) is 12.3 Å². The Morgan fingerprint density at radius 3 is 2.88 bits per heavy atom. The van der Waals surface area contributed by atoms with Gasteiger partial charge in [-0.15, -0.1) is 0 Å². The fourth-order valence-electron chi connectivity index (χ4n) is 1.80. The molecule has 0 radical (unpaired) electrons. The number of hydrogen-bond donors (Lipinski definition) is 0. The zero-order chi connectivity index (χ0) is 12.3. The normalized spacial score (nSPS) is 12.6. The van der Waals surface area contributed by atoms with Gasteiger partial charge in [0.15, 0.2) is 5.78 Å². The molecule has 0 saturated heterocycles. The molecule has 2 rings (SSSR count). The van der Waals surface area contributed by atoms with Crippen LogP contribution in [0.2, 0.25) is 0 Å². The molecular weight excluding hydrogens is 210 g/mol. The van der Waals surface area contributed by atoms with Crippen molar-refractivity contribution >= 4 is 16.7 Å². The van der Waals surface area contributed by atoms with Gasteiger partial charge in [-0.25, -0.2) is 0 Å². The molecule has 0 aliphatic carbocycles. The molecule has 0 fully saturated rings. The van der Waals surface area contributed by atoms with Crippen molar-refractivity contribution in [3.63, 3.8) is 0 Å². The predicted molar refractivity (Wildman–Crippen MR) is 70.1 cm³/mol. The van der Waals surface area contributed by atoms with Crippen LogP contribution in [0.15, 0.2) is 36.5 Å². The Morgan fingerprint density at radius 2 is 2.12 bits per heavy atom. The Hall–Kier alpha value is -1.70. The number of benzene rings is 1. The lowest BCUT2D eigenvalue weighted by molar-refractivity contribution is 0.0963. The number of rotatable bonds is 4. The molecule has 1 aromatic carbocycles. The molecule has 2 aromatic rings. The summed E-state index contributed by atoms with van der Waals surface area (Å²) in [4.78, 5) is 16.3. The van der Waals surface area contributed by atoms with E-state index in [-0.39, 0.29) is 5.78 Å². The molecule has 1 unspecified atom stereocenters. The van der Waals surface area contributed by atoms with Crippen molar-refractivity contribution < 1.29 is 4.79 Å². The third-order valence-electron chi connectivity index (χ3n) is 3.14. The maximum Gasteiger partial charge on any atom is 0.164 e. The summed E-state index contributed by atoms with van der Waals surface area (Å²) in [5.74, 6) is 0.631. The molecule has 0 amide bonds. The number of pyridine rings is 1. The van der Waals surface area contributed by atoms with Crippen molar-refractivity contribution in [2.24, 2.45) is 5.92 Å². The van der Waals surface area contributed by atoms with Gasteiger partial charge in [0.2, 0.25) is 0 Å². The second kappa shape index (κ2) is 5.09. The van der Waals surface area contributed by atoms with Gasteiger partial charge in [0, 0.05) is 23.6 Å². The highest BCUT2D eigenvalue weighted by molar-refractivity contribution is 5.98. The fourth-order valence-corrected chi connectivity index (χ4v) is 1.80. The Morgan fingerprint density at radius 1 is 1.35 bits per heavy atom. The van der Waals surface area contributed by atoms with Crippen LogP contribution in [0.1, 0.15) is 37.0 Å². The highest BCUT2D eigenvalue weighted by atomic mass is 16.1. The SMILES string of the molecule is CCC(C)CC(=O)c1cnc2ccccc2c1. The number of hydrogen-bond acceptors (Lipinski definition) is 2. The molecule has 0 aliphatic rings. The van der Waals surface area contributed by atoms with E-state index in [1.807, 2.05) is 30.3 Å². The fraction of sp³-hybridized carbons (Fsp3) is 0.333. The standard InChI is InChI=1S/C15H17NO/c1-3-11(2)8-15(17)13-9-12-6-4-5-7-14(12)16-10-13/h4-7,9-11H,3,8H2,1-2H3. The molecule has 2 nitrogen and oxygen atoms in total. The first-order valence-corrected chi connectivity index (χ1v) is 6.08. The van der Waals surface area contributed by atoms with Crippen LogP contribution in [-0.2, 0) is 0 Å². The van der Waals surface area contributed by atoms with Crippen molar-refractivity contribution in [2.75, 3.05) is 0 Å². The summed E-state index contributed by atoms with van der Waals surface area (Å²) >= 11 is 0. The second-order valence-electron chi connectivity index (χ2n) is 4.56. The third-order valence-corrected chi connectivity index (χ3v) is 3.14. The van der Waals surface area contributed by atoms with Crippen LogP contribution in [0.5, 0.6) is 0 Å². The molecule has 1 atom stereocenters. The van der Waals surface area contributed by atoms with E-state index in [4.69, 9.17) is 0 Å². The zero-order valence-electron chi connectivity index (χ0n) is 10.3. The lowest BCUT2D eigenvalue weighted by atomic mass is 9.98. The summed E-state index contributed by atoms with van der Waals surface area (Å²) < 4.78 is 0. The quantitative estimate of drug-likeness (QED) is 0.742. The van der Waals surface area contributed by atoms with Crippen molar-refractivity contribution in [1.29, 1.82) is 0 Å². The second-order valence-corrected chi connectivity index (χ2v) is 4.56. The van der Waals surface area contributed by atoms with E-state index in [9.17, 15) is 4.79 Å². The van der Waals surface area contributed by atoms with Crippen LogP contribution in [0.25, 0.3) is 10.9 Å². The number of carbonyl (C=O) groups excluding carboxylic acids is 1. The van der Waals surface area contributed by atoms with Crippen LogP contribution < -0.4 is 0 Å². The van der Waals surface area contributed by atoms with E-state index in [0.717, 1.165) is 22.9 Å². The minimum Gasteiger partial charge on any atom is -0.294 e. The Kier molecular flexibility index (Phi) is 3.52. The molecule has 0 N–H and O–H groups in total. The largest absolute Gasteiger partial charge is 0.294 e. The van der Waals surface area contributed by atoms with Gasteiger partial charge < -0.3 is 0 Å². The average molecular weight is 227 g/mol. The summed E-state index contributed by atoms with van der Waals surface area (Å²) in [5.41, 5.74) is 1.66. The van der Waals surface area contributed by atoms with Crippen molar-refractivity contribution in [1.82, 2.24) is 4.98 Å². The number of Topliss-reactive ketones (excluding diaryl/α,β-unsaturated/α-hetero) is 1. The van der Waals surface area contributed by atoms with Gasteiger partial charge >= 0.3 is 0 Å². The number of fused-ring (bicyclic) bond motifs is 1. The minimum atomic E-state index is 0.192. The monoisotopic (exact) mass is 227 g/mol. The lowest BCUT2D eigenvalue weighted by Crippen LogP contribution is -2.05. The van der Waals surface area contributed by atoms with E-state index in [1.54, 1.807) is 6.20 Å². The zero-order valence-corrected chi connectivity index (χ0v) is 10.3. The highest BCUT2D eigenvalue weighted by Crippen LogP contribution is 2.16. The molecular formula is C15H17NO. The summed E-state index contributed by atoms with van der Waals surface area (Å²) in [6.45, 7) is 4.21. The molecule has 0 spiro atoms. The van der Waals surface area contributed by atoms with E-state index in [1.165, 1.54) is 0 Å². The van der Waals surface area contributed by atoms with E-state index in [2.05, 4.69) is 18.8 Å². The molecule has 1 heterocycles. The van der Waals surface area contributed by atoms with Gasteiger partial charge in [-0.1, -0.05) is 38.5 Å². The van der Waals surface area contributed by atoms with E-state index < -0.39 is 0 Å². The minimum absolute atomic E-state index is 0.192. The van der Waals surface area contributed by atoms with Gasteiger partial charge in [0.1, 0.15) is 0 Å². The average Bonchev–Trinajstić information content (AvgIpc) is 2.38. The van der Waals surface area contributed by atoms with E-state index >= 15 is 0 Å². The number of nitrogens with zero attached hydrogens (tertiary/aromatic N) is 1. The van der Waals surface area contributed by atoms with Gasteiger partial charge in [0.05, 0.1) is 5.52 Å². The summed E-state index contributed by atoms with van der Waals surface area (Å²) in [6.07, 6.45) is 3.33. The highest BCUT2D eigenvalue weighted by Gasteiger charge is 2.10. The summed E-state index contributed by atoms with van der Waals surface area (Å²) in [7, 11) is 0. The molecule has 1 aromatic heterocycles. The first kappa shape index (κ1) is 11.8.